The smallest absolute Gasteiger partial charge is 0.255 e. The van der Waals surface area contributed by atoms with Gasteiger partial charge in [-0.2, -0.15) is 4.39 Å². The normalized spacial score (nSPS) is 10.3. The van der Waals surface area contributed by atoms with Gasteiger partial charge in [0.15, 0.2) is 0 Å². The van der Waals surface area contributed by atoms with Gasteiger partial charge in [-0.15, -0.1) is 0 Å². The van der Waals surface area contributed by atoms with E-state index in [0.29, 0.717) is 5.69 Å². The summed E-state index contributed by atoms with van der Waals surface area (Å²) in [4.78, 5) is 19.4. The van der Waals surface area contributed by atoms with Crippen molar-refractivity contribution in [2.24, 2.45) is 0 Å². The largest absolute Gasteiger partial charge is 0.322 e. The van der Waals surface area contributed by atoms with Crippen molar-refractivity contribution in [1.82, 2.24) is 14.5 Å². The summed E-state index contributed by atoms with van der Waals surface area (Å²) in [6.07, 6.45) is 6.40. The number of amides is 1. The number of anilines is 1. The Hall–Kier alpha value is -3.02. The fourth-order valence-corrected chi connectivity index (χ4v) is 1.90. The second kappa shape index (κ2) is 5.54. The molecule has 1 N–H and O–H groups in total. The minimum Gasteiger partial charge on any atom is -0.322 e. The molecule has 2 aromatic heterocycles. The lowest BCUT2D eigenvalue weighted by Gasteiger charge is -2.08. The zero-order valence-electron chi connectivity index (χ0n) is 10.9. The van der Waals surface area contributed by atoms with Crippen LogP contribution < -0.4 is 5.32 Å². The molecule has 0 aliphatic rings. The fourth-order valence-electron chi connectivity index (χ4n) is 1.90. The number of halogens is 1. The molecule has 6 heteroatoms. The van der Waals surface area contributed by atoms with Gasteiger partial charge in [-0.3, -0.25) is 4.79 Å². The van der Waals surface area contributed by atoms with E-state index >= 15 is 0 Å². The van der Waals surface area contributed by atoms with Gasteiger partial charge in [0.1, 0.15) is 0 Å². The number of hydrogen-bond acceptors (Lipinski definition) is 3. The zero-order valence-corrected chi connectivity index (χ0v) is 10.9. The molecule has 0 aliphatic carbocycles. The van der Waals surface area contributed by atoms with Crippen molar-refractivity contribution >= 4 is 11.6 Å². The van der Waals surface area contributed by atoms with Crippen LogP contribution in [0.5, 0.6) is 0 Å². The standard InChI is InChI=1S/C15H11FN4O/c16-14-8-11(4-5-18-14)15(21)19-12-2-1-3-13(9-12)20-7-6-17-10-20/h1-10H,(H,19,21). The van der Waals surface area contributed by atoms with Crippen LogP contribution in [0.1, 0.15) is 10.4 Å². The average Bonchev–Trinajstić information content (AvgIpc) is 3.02. The molecule has 0 aliphatic heterocycles. The summed E-state index contributed by atoms with van der Waals surface area (Å²) >= 11 is 0. The second-order valence-electron chi connectivity index (χ2n) is 4.34. The van der Waals surface area contributed by atoms with Crippen LogP contribution in [-0.4, -0.2) is 20.4 Å². The molecule has 0 fully saturated rings. The fraction of sp³-hybridized carbons (Fsp3) is 0. The monoisotopic (exact) mass is 282 g/mol. The van der Waals surface area contributed by atoms with Gasteiger partial charge in [0, 0.05) is 41.6 Å². The topological polar surface area (TPSA) is 59.8 Å². The number of carbonyl (C=O) groups is 1. The molecule has 3 aromatic rings. The van der Waals surface area contributed by atoms with Crippen LogP contribution in [0.15, 0.2) is 61.3 Å². The van der Waals surface area contributed by atoms with Crippen LogP contribution in [-0.2, 0) is 0 Å². The summed E-state index contributed by atoms with van der Waals surface area (Å²) < 4.78 is 14.8. The first-order valence-corrected chi connectivity index (χ1v) is 6.24. The molecule has 104 valence electrons. The lowest BCUT2D eigenvalue weighted by Crippen LogP contribution is -2.12. The molecular weight excluding hydrogens is 271 g/mol. The molecule has 3 rings (SSSR count). The highest BCUT2D eigenvalue weighted by atomic mass is 19.1. The van der Waals surface area contributed by atoms with E-state index in [1.807, 2.05) is 16.7 Å². The van der Waals surface area contributed by atoms with Gasteiger partial charge in [-0.25, -0.2) is 9.97 Å². The minimum atomic E-state index is -0.685. The Morgan fingerprint density at radius 3 is 2.86 bits per heavy atom. The first kappa shape index (κ1) is 13.0. The summed E-state index contributed by atoms with van der Waals surface area (Å²) in [5, 5.41) is 2.72. The van der Waals surface area contributed by atoms with Gasteiger partial charge < -0.3 is 9.88 Å². The number of benzene rings is 1. The third-order valence-electron chi connectivity index (χ3n) is 2.90. The maximum atomic E-state index is 13.0. The van der Waals surface area contributed by atoms with E-state index in [-0.39, 0.29) is 11.5 Å². The molecular formula is C15H11FN4O. The highest BCUT2D eigenvalue weighted by Crippen LogP contribution is 2.15. The van der Waals surface area contributed by atoms with Gasteiger partial charge in [-0.1, -0.05) is 6.07 Å². The predicted octanol–water partition coefficient (Wildman–Crippen LogP) is 2.66. The van der Waals surface area contributed by atoms with Gasteiger partial charge in [0.05, 0.1) is 6.33 Å². The Labute approximate surface area is 120 Å². The van der Waals surface area contributed by atoms with E-state index in [2.05, 4.69) is 15.3 Å². The van der Waals surface area contributed by atoms with Crippen molar-refractivity contribution in [3.05, 3.63) is 72.8 Å². The Morgan fingerprint density at radius 2 is 2.10 bits per heavy atom. The molecule has 2 heterocycles. The molecule has 0 spiro atoms. The van der Waals surface area contributed by atoms with Crippen molar-refractivity contribution in [1.29, 1.82) is 0 Å². The van der Waals surface area contributed by atoms with Crippen LogP contribution in [0.2, 0.25) is 0 Å². The lowest BCUT2D eigenvalue weighted by molar-refractivity contribution is 0.102. The van der Waals surface area contributed by atoms with Crippen molar-refractivity contribution in [2.45, 2.75) is 0 Å². The predicted molar refractivity (Wildman–Crippen MR) is 75.7 cm³/mol. The first-order valence-electron chi connectivity index (χ1n) is 6.24. The zero-order chi connectivity index (χ0) is 14.7. The van der Waals surface area contributed by atoms with Crippen LogP contribution in [0, 0.1) is 5.95 Å². The summed E-state index contributed by atoms with van der Waals surface area (Å²) in [5.41, 5.74) is 1.70. The molecule has 0 radical (unpaired) electrons. The van der Waals surface area contributed by atoms with E-state index in [0.717, 1.165) is 11.8 Å². The Morgan fingerprint density at radius 1 is 1.19 bits per heavy atom. The minimum absolute atomic E-state index is 0.218. The number of hydrogen-bond donors (Lipinski definition) is 1. The first-order chi connectivity index (χ1) is 10.2. The summed E-state index contributed by atoms with van der Waals surface area (Å²) in [5.74, 6) is -1.08. The van der Waals surface area contributed by atoms with E-state index in [4.69, 9.17) is 0 Å². The molecule has 1 aromatic carbocycles. The average molecular weight is 282 g/mol. The summed E-state index contributed by atoms with van der Waals surface area (Å²) in [6.45, 7) is 0. The van der Waals surface area contributed by atoms with Crippen LogP contribution in [0.25, 0.3) is 5.69 Å². The summed E-state index contributed by atoms with van der Waals surface area (Å²) in [6, 6.07) is 9.82. The molecule has 5 nitrogen and oxygen atoms in total. The highest BCUT2D eigenvalue weighted by molar-refractivity contribution is 6.04. The Kier molecular flexibility index (Phi) is 3.42. The van der Waals surface area contributed by atoms with E-state index < -0.39 is 5.95 Å². The number of nitrogens with zero attached hydrogens (tertiary/aromatic N) is 3. The van der Waals surface area contributed by atoms with E-state index in [9.17, 15) is 9.18 Å². The maximum absolute atomic E-state index is 13.0. The Balaban J connectivity index is 1.82. The molecule has 0 unspecified atom stereocenters. The van der Waals surface area contributed by atoms with Crippen molar-refractivity contribution < 1.29 is 9.18 Å². The quantitative estimate of drug-likeness (QED) is 0.751. The van der Waals surface area contributed by atoms with Gasteiger partial charge >= 0.3 is 0 Å². The molecule has 21 heavy (non-hydrogen) atoms. The number of imidazole rings is 1. The SMILES string of the molecule is O=C(Nc1cccc(-n2ccnc2)c1)c1ccnc(F)c1. The number of aromatic nitrogens is 3. The van der Waals surface area contributed by atoms with Crippen LogP contribution in [0.4, 0.5) is 10.1 Å². The van der Waals surface area contributed by atoms with Crippen LogP contribution >= 0.6 is 0 Å². The molecule has 0 bridgehead atoms. The van der Waals surface area contributed by atoms with Crippen molar-refractivity contribution in [3.8, 4) is 5.69 Å². The molecule has 0 saturated heterocycles. The summed E-state index contributed by atoms with van der Waals surface area (Å²) in [7, 11) is 0. The molecule has 0 saturated carbocycles. The van der Waals surface area contributed by atoms with Gasteiger partial charge in [0.25, 0.3) is 5.91 Å². The maximum Gasteiger partial charge on any atom is 0.255 e. The Bertz CT molecular complexity index is 771. The third-order valence-corrected chi connectivity index (χ3v) is 2.90. The lowest BCUT2D eigenvalue weighted by atomic mass is 10.2. The van der Waals surface area contributed by atoms with Gasteiger partial charge in [0.2, 0.25) is 5.95 Å². The van der Waals surface area contributed by atoms with E-state index in [1.165, 1.54) is 12.3 Å². The van der Waals surface area contributed by atoms with Crippen LogP contribution in [0.3, 0.4) is 0 Å². The highest BCUT2D eigenvalue weighted by Gasteiger charge is 2.08. The molecule has 0 atom stereocenters. The van der Waals surface area contributed by atoms with Crippen molar-refractivity contribution in [2.75, 3.05) is 5.32 Å². The number of rotatable bonds is 3. The number of carbonyl (C=O) groups excluding carboxylic acids is 1. The number of pyridine rings is 1. The number of nitrogens with one attached hydrogen (secondary N) is 1. The van der Waals surface area contributed by atoms with Crippen molar-refractivity contribution in [3.63, 3.8) is 0 Å². The van der Waals surface area contributed by atoms with E-state index in [1.54, 1.807) is 30.9 Å². The third kappa shape index (κ3) is 2.94. The second-order valence-corrected chi connectivity index (χ2v) is 4.34. The molecule has 1 amide bonds. The van der Waals surface area contributed by atoms with Gasteiger partial charge in [-0.05, 0) is 24.3 Å².